The Morgan fingerprint density at radius 2 is 1.93 bits per heavy atom. The Bertz CT molecular complexity index is 827. The number of nitrogens with zero attached hydrogens (tertiary/aromatic N) is 1. The van der Waals surface area contributed by atoms with Crippen molar-refractivity contribution in [1.29, 1.82) is 0 Å². The van der Waals surface area contributed by atoms with Crippen molar-refractivity contribution >= 4 is 23.4 Å². The van der Waals surface area contributed by atoms with Gasteiger partial charge in [-0.05, 0) is 36.8 Å². The van der Waals surface area contributed by atoms with Crippen LogP contribution in [0.3, 0.4) is 0 Å². The molecule has 0 aliphatic heterocycles. The standard InChI is InChI=1S/C21H22ClFN2O3/c1-3-12-24-21(27)15(2)25(13-16-8-10-17(23)11-9-16)20(26)14-28-19-7-5-4-6-18(19)22/h3-11,15H,1,12-14H2,2H3,(H,24,27)/t15-/m1/s1. The summed E-state index contributed by atoms with van der Waals surface area (Å²) in [7, 11) is 0. The third-order valence-corrected chi connectivity index (χ3v) is 4.35. The van der Waals surface area contributed by atoms with Crippen LogP contribution in [0.2, 0.25) is 5.02 Å². The van der Waals surface area contributed by atoms with E-state index in [-0.39, 0.29) is 31.4 Å². The molecular weight excluding hydrogens is 383 g/mol. The van der Waals surface area contributed by atoms with Gasteiger partial charge in [0.1, 0.15) is 17.6 Å². The van der Waals surface area contributed by atoms with Crippen LogP contribution in [0, 0.1) is 5.82 Å². The number of benzene rings is 2. The van der Waals surface area contributed by atoms with E-state index in [1.165, 1.54) is 17.0 Å². The lowest BCUT2D eigenvalue weighted by atomic mass is 10.1. The quantitative estimate of drug-likeness (QED) is 0.650. The minimum atomic E-state index is -0.757. The van der Waals surface area contributed by atoms with Crippen LogP contribution in [0.15, 0.2) is 61.2 Å². The van der Waals surface area contributed by atoms with Gasteiger partial charge >= 0.3 is 0 Å². The number of amides is 2. The second-order valence-corrected chi connectivity index (χ2v) is 6.48. The maximum Gasteiger partial charge on any atom is 0.261 e. The maximum absolute atomic E-state index is 13.2. The Labute approximate surface area is 168 Å². The number of carbonyl (C=O) groups excluding carboxylic acids is 2. The van der Waals surface area contributed by atoms with Crippen molar-refractivity contribution in [3.63, 3.8) is 0 Å². The molecule has 2 rings (SSSR count). The summed E-state index contributed by atoms with van der Waals surface area (Å²) in [5.74, 6) is -0.720. The summed E-state index contributed by atoms with van der Waals surface area (Å²) in [6.07, 6.45) is 1.55. The van der Waals surface area contributed by atoms with Crippen molar-refractivity contribution in [3.8, 4) is 5.75 Å². The summed E-state index contributed by atoms with van der Waals surface area (Å²) in [5.41, 5.74) is 0.691. The van der Waals surface area contributed by atoms with Gasteiger partial charge in [-0.25, -0.2) is 4.39 Å². The second-order valence-electron chi connectivity index (χ2n) is 6.08. The predicted octanol–water partition coefficient (Wildman–Crippen LogP) is 3.58. The van der Waals surface area contributed by atoms with Crippen molar-refractivity contribution in [3.05, 3.63) is 77.6 Å². The molecule has 1 atom stereocenters. The van der Waals surface area contributed by atoms with Gasteiger partial charge in [0.15, 0.2) is 6.61 Å². The van der Waals surface area contributed by atoms with E-state index in [9.17, 15) is 14.0 Å². The third-order valence-electron chi connectivity index (χ3n) is 4.04. The molecule has 0 radical (unpaired) electrons. The zero-order chi connectivity index (χ0) is 20.5. The molecule has 148 valence electrons. The molecule has 0 heterocycles. The molecule has 0 unspecified atom stereocenters. The number of rotatable bonds is 9. The predicted molar refractivity (Wildman–Crippen MR) is 107 cm³/mol. The van der Waals surface area contributed by atoms with E-state index < -0.39 is 11.9 Å². The Hall–Kier alpha value is -2.86. The lowest BCUT2D eigenvalue weighted by Gasteiger charge is -2.28. The number of hydrogen-bond acceptors (Lipinski definition) is 3. The molecular formula is C21H22ClFN2O3. The fourth-order valence-corrected chi connectivity index (χ4v) is 2.66. The van der Waals surface area contributed by atoms with Gasteiger partial charge in [-0.3, -0.25) is 9.59 Å². The van der Waals surface area contributed by atoms with Crippen LogP contribution in [0.1, 0.15) is 12.5 Å². The molecule has 0 saturated heterocycles. The SMILES string of the molecule is C=CCNC(=O)[C@@H](C)N(Cc1ccc(F)cc1)C(=O)COc1ccccc1Cl. The lowest BCUT2D eigenvalue weighted by Crippen LogP contribution is -2.49. The van der Waals surface area contributed by atoms with Gasteiger partial charge in [0.05, 0.1) is 5.02 Å². The number of hydrogen-bond donors (Lipinski definition) is 1. The van der Waals surface area contributed by atoms with Gasteiger partial charge in [0, 0.05) is 13.1 Å². The first kappa shape index (κ1) is 21.4. The van der Waals surface area contributed by atoms with E-state index in [1.54, 1.807) is 49.4 Å². The van der Waals surface area contributed by atoms with Crippen LogP contribution in [0.5, 0.6) is 5.75 Å². The van der Waals surface area contributed by atoms with Crippen molar-refractivity contribution in [2.75, 3.05) is 13.2 Å². The molecule has 1 N–H and O–H groups in total. The van der Waals surface area contributed by atoms with E-state index in [0.717, 1.165) is 0 Å². The highest BCUT2D eigenvalue weighted by atomic mass is 35.5. The topological polar surface area (TPSA) is 58.6 Å². The van der Waals surface area contributed by atoms with E-state index in [2.05, 4.69) is 11.9 Å². The van der Waals surface area contributed by atoms with Crippen LogP contribution in [-0.4, -0.2) is 35.9 Å². The lowest BCUT2D eigenvalue weighted by molar-refractivity contribution is -0.142. The van der Waals surface area contributed by atoms with Gasteiger partial charge in [0.25, 0.3) is 5.91 Å². The van der Waals surface area contributed by atoms with Crippen LogP contribution in [0.4, 0.5) is 4.39 Å². The highest BCUT2D eigenvalue weighted by Gasteiger charge is 2.26. The van der Waals surface area contributed by atoms with Crippen molar-refractivity contribution in [2.45, 2.75) is 19.5 Å². The zero-order valence-corrected chi connectivity index (χ0v) is 16.3. The molecule has 0 saturated carbocycles. The largest absolute Gasteiger partial charge is 0.482 e. The molecule has 0 fully saturated rings. The second kappa shape index (κ2) is 10.5. The van der Waals surface area contributed by atoms with Crippen molar-refractivity contribution < 1.29 is 18.7 Å². The summed E-state index contributed by atoms with van der Waals surface area (Å²) < 4.78 is 18.7. The maximum atomic E-state index is 13.2. The van der Waals surface area contributed by atoms with Gasteiger partial charge < -0.3 is 15.0 Å². The number of halogens is 2. The van der Waals surface area contributed by atoms with Crippen LogP contribution >= 0.6 is 11.6 Å². The molecule has 5 nitrogen and oxygen atoms in total. The molecule has 7 heteroatoms. The highest BCUT2D eigenvalue weighted by molar-refractivity contribution is 6.32. The van der Waals surface area contributed by atoms with Gasteiger partial charge in [-0.2, -0.15) is 0 Å². The first-order valence-corrected chi connectivity index (χ1v) is 9.10. The first-order valence-electron chi connectivity index (χ1n) is 8.72. The summed E-state index contributed by atoms with van der Waals surface area (Å²) in [5, 5.41) is 3.06. The average Bonchev–Trinajstić information content (AvgIpc) is 2.70. The smallest absolute Gasteiger partial charge is 0.261 e. The number of ether oxygens (including phenoxy) is 1. The van der Waals surface area contributed by atoms with Crippen LogP contribution in [-0.2, 0) is 16.1 Å². The third kappa shape index (κ3) is 6.09. The highest BCUT2D eigenvalue weighted by Crippen LogP contribution is 2.23. The van der Waals surface area contributed by atoms with E-state index in [1.807, 2.05) is 0 Å². The molecule has 2 amide bonds. The Morgan fingerprint density at radius 1 is 1.25 bits per heavy atom. The molecule has 2 aromatic rings. The Morgan fingerprint density at radius 3 is 2.57 bits per heavy atom. The monoisotopic (exact) mass is 404 g/mol. The molecule has 0 aliphatic rings. The van der Waals surface area contributed by atoms with E-state index in [4.69, 9.17) is 16.3 Å². The van der Waals surface area contributed by atoms with Crippen LogP contribution in [0.25, 0.3) is 0 Å². The molecule has 0 aromatic heterocycles. The minimum Gasteiger partial charge on any atom is -0.482 e. The van der Waals surface area contributed by atoms with E-state index >= 15 is 0 Å². The summed E-state index contributed by atoms with van der Waals surface area (Å²) in [6, 6.07) is 11.8. The fraction of sp³-hybridized carbons (Fsp3) is 0.238. The van der Waals surface area contributed by atoms with Gasteiger partial charge in [-0.15, -0.1) is 6.58 Å². The van der Waals surface area contributed by atoms with Gasteiger partial charge in [0.2, 0.25) is 5.91 Å². The number of nitrogens with one attached hydrogen (secondary N) is 1. The summed E-state index contributed by atoms with van der Waals surface area (Å²) >= 11 is 6.04. The summed E-state index contributed by atoms with van der Waals surface area (Å²) in [6.45, 7) is 5.31. The first-order chi connectivity index (χ1) is 13.4. The molecule has 28 heavy (non-hydrogen) atoms. The van der Waals surface area contributed by atoms with E-state index in [0.29, 0.717) is 16.3 Å². The zero-order valence-electron chi connectivity index (χ0n) is 15.5. The summed E-state index contributed by atoms with van der Waals surface area (Å²) in [4.78, 5) is 26.5. The molecule has 2 aromatic carbocycles. The van der Waals surface area contributed by atoms with Crippen LogP contribution < -0.4 is 10.1 Å². The molecule has 0 spiro atoms. The minimum absolute atomic E-state index is 0.133. The van der Waals surface area contributed by atoms with Crippen molar-refractivity contribution in [1.82, 2.24) is 10.2 Å². The normalized spacial score (nSPS) is 11.4. The van der Waals surface area contributed by atoms with Crippen molar-refractivity contribution in [2.24, 2.45) is 0 Å². The average molecular weight is 405 g/mol. The Kier molecular flexibility index (Phi) is 8.02. The van der Waals surface area contributed by atoms with Gasteiger partial charge in [-0.1, -0.05) is 41.9 Å². The Balaban J connectivity index is 2.14. The molecule has 0 bridgehead atoms. The number of carbonyl (C=O) groups is 2. The fourth-order valence-electron chi connectivity index (χ4n) is 2.47. The number of para-hydroxylation sites is 1. The molecule has 0 aliphatic carbocycles.